The Balaban J connectivity index is 1.12. The number of hydrogen-bond donors (Lipinski definition) is 3. The van der Waals surface area contributed by atoms with Crippen LogP contribution in [0.5, 0.6) is 11.5 Å². The van der Waals surface area contributed by atoms with Crippen LogP contribution in [0.4, 0.5) is 0 Å². The van der Waals surface area contributed by atoms with Crippen LogP contribution in [-0.2, 0) is 16.6 Å². The maximum atomic E-state index is 13.8. The average molecular weight is 518 g/mol. The predicted octanol–water partition coefficient (Wildman–Crippen LogP) is 2.50. The molecule has 7 aliphatic rings. The first kappa shape index (κ1) is 23.5. The van der Waals surface area contributed by atoms with Gasteiger partial charge in [-0.15, -0.1) is 0 Å². The first-order valence-corrected chi connectivity index (χ1v) is 14.7. The minimum atomic E-state index is -0.924. The number of allylic oxidation sites excluding steroid dienone is 3. The van der Waals surface area contributed by atoms with Crippen LogP contribution in [0.3, 0.4) is 0 Å². The predicted molar refractivity (Wildman–Crippen MR) is 143 cm³/mol. The van der Waals surface area contributed by atoms with E-state index in [1.807, 2.05) is 6.07 Å². The van der Waals surface area contributed by atoms with E-state index in [2.05, 4.69) is 46.5 Å². The summed E-state index contributed by atoms with van der Waals surface area (Å²) in [5.41, 5.74) is 0.683. The van der Waals surface area contributed by atoms with Gasteiger partial charge in [0.1, 0.15) is 6.10 Å². The van der Waals surface area contributed by atoms with Crippen LogP contribution in [0.1, 0.15) is 49.7 Å². The van der Waals surface area contributed by atoms with Crippen LogP contribution in [-0.4, -0.2) is 82.4 Å². The van der Waals surface area contributed by atoms with Gasteiger partial charge >= 0.3 is 0 Å². The zero-order valence-corrected chi connectivity index (χ0v) is 22.2. The Morgan fingerprint density at radius 1 is 1.16 bits per heavy atom. The van der Waals surface area contributed by atoms with E-state index in [9.17, 15) is 15.0 Å². The monoisotopic (exact) mass is 517 g/mol. The van der Waals surface area contributed by atoms with Crippen molar-refractivity contribution in [2.75, 3.05) is 26.7 Å². The standard InChI is InChI=1S/C31H39N3O4/c1-33-17-21-5-3-2-4-19(21)14-23(33)29(36)32-22-10-11-31(37)25-15-20-8-9-24(35)27-26(20)30(31,28(22)38-27)12-13-34(25)16-18-6-7-18/h2-5,8-9,18-19,21-23,25,28,35,37H,6-7,10-17H2,1H3,(H,32,36)/t19?,21?,22-,23-,25+,28-,30-,31+/m0/s1. The Labute approximate surface area is 224 Å². The zero-order chi connectivity index (χ0) is 25.8. The van der Waals surface area contributed by atoms with Gasteiger partial charge in [0.05, 0.1) is 23.1 Å². The number of phenols is 1. The Kier molecular flexibility index (Phi) is 5.01. The number of aromatic hydroxyl groups is 1. The second-order valence-electron chi connectivity index (χ2n) is 13.2. The molecule has 8 atom stereocenters. The van der Waals surface area contributed by atoms with Gasteiger partial charge in [-0.25, -0.2) is 0 Å². The van der Waals surface area contributed by atoms with Gasteiger partial charge < -0.3 is 20.3 Å². The van der Waals surface area contributed by atoms with E-state index in [1.165, 1.54) is 18.4 Å². The molecular formula is C31H39N3O4. The lowest BCUT2D eigenvalue weighted by molar-refractivity contribution is -0.192. The second kappa shape index (κ2) is 8.09. The summed E-state index contributed by atoms with van der Waals surface area (Å²) < 4.78 is 6.64. The van der Waals surface area contributed by atoms with Crippen LogP contribution < -0.4 is 10.1 Å². The number of benzene rings is 1. The number of rotatable bonds is 4. The fourth-order valence-electron chi connectivity index (χ4n) is 9.26. The van der Waals surface area contributed by atoms with Crippen molar-refractivity contribution in [3.8, 4) is 11.5 Å². The van der Waals surface area contributed by atoms with Crippen molar-refractivity contribution >= 4 is 5.91 Å². The number of nitrogens with one attached hydrogen (secondary N) is 1. The van der Waals surface area contributed by atoms with Gasteiger partial charge in [-0.3, -0.25) is 14.6 Å². The fourth-order valence-corrected chi connectivity index (χ4v) is 9.26. The van der Waals surface area contributed by atoms with Gasteiger partial charge in [-0.1, -0.05) is 30.4 Å². The van der Waals surface area contributed by atoms with Crippen molar-refractivity contribution < 1.29 is 19.7 Å². The number of nitrogens with zero attached hydrogens (tertiary/aromatic N) is 2. The summed E-state index contributed by atoms with van der Waals surface area (Å²) in [6, 6.07) is 3.45. The van der Waals surface area contributed by atoms with Crippen LogP contribution >= 0.6 is 0 Å². The maximum Gasteiger partial charge on any atom is 0.237 e. The number of piperidine rings is 2. The van der Waals surface area contributed by atoms with Crippen molar-refractivity contribution in [3.63, 3.8) is 0 Å². The molecule has 38 heavy (non-hydrogen) atoms. The molecule has 8 rings (SSSR count). The molecule has 3 aliphatic heterocycles. The van der Waals surface area contributed by atoms with Gasteiger partial charge in [-0.2, -0.15) is 0 Å². The third-order valence-corrected chi connectivity index (χ3v) is 11.3. The molecule has 2 saturated heterocycles. The number of carbonyl (C=O) groups excluding carboxylic acids is 1. The first-order valence-electron chi connectivity index (χ1n) is 14.7. The van der Waals surface area contributed by atoms with Gasteiger partial charge in [0.15, 0.2) is 11.5 Å². The Hall–Kier alpha value is -2.35. The van der Waals surface area contributed by atoms with E-state index < -0.39 is 11.0 Å². The Morgan fingerprint density at radius 2 is 1.97 bits per heavy atom. The molecule has 1 spiro atoms. The quantitative estimate of drug-likeness (QED) is 0.569. The highest BCUT2D eigenvalue weighted by Crippen LogP contribution is 2.65. The van der Waals surface area contributed by atoms with E-state index in [-0.39, 0.29) is 35.9 Å². The molecule has 1 aromatic carbocycles. The van der Waals surface area contributed by atoms with Crippen molar-refractivity contribution in [3.05, 3.63) is 47.6 Å². The minimum absolute atomic E-state index is 0.0511. The summed E-state index contributed by atoms with van der Waals surface area (Å²) in [6.07, 6.45) is 14.6. The van der Waals surface area contributed by atoms with Crippen molar-refractivity contribution in [2.24, 2.45) is 17.8 Å². The van der Waals surface area contributed by atoms with E-state index in [1.54, 1.807) is 6.07 Å². The van der Waals surface area contributed by atoms with Gasteiger partial charge in [0.2, 0.25) is 5.91 Å². The number of phenolic OH excluding ortho intramolecular Hbond substituents is 1. The maximum absolute atomic E-state index is 13.8. The van der Waals surface area contributed by atoms with Crippen molar-refractivity contribution in [2.45, 2.75) is 80.2 Å². The molecule has 1 aromatic rings. The molecule has 2 bridgehead atoms. The number of amides is 1. The summed E-state index contributed by atoms with van der Waals surface area (Å²) in [4.78, 5) is 18.5. The zero-order valence-electron chi connectivity index (χ0n) is 22.2. The second-order valence-corrected chi connectivity index (χ2v) is 13.2. The van der Waals surface area contributed by atoms with Crippen LogP contribution in [0, 0.1) is 17.8 Å². The number of likely N-dealkylation sites (N-methyl/N-ethyl adjacent to an activating group) is 1. The molecule has 0 radical (unpaired) electrons. The smallest absolute Gasteiger partial charge is 0.237 e. The van der Waals surface area contributed by atoms with Crippen LogP contribution in [0.15, 0.2) is 36.4 Å². The fraction of sp³-hybridized carbons (Fsp3) is 0.645. The first-order chi connectivity index (χ1) is 18.4. The average Bonchev–Trinajstić information content (AvgIpc) is 3.65. The number of carbonyl (C=O) groups is 1. The molecule has 4 aliphatic carbocycles. The molecule has 0 aromatic heterocycles. The van der Waals surface area contributed by atoms with E-state index in [0.29, 0.717) is 30.4 Å². The highest BCUT2D eigenvalue weighted by Gasteiger charge is 2.73. The van der Waals surface area contributed by atoms with Gasteiger partial charge in [-0.05, 0) is 87.9 Å². The molecule has 3 heterocycles. The van der Waals surface area contributed by atoms with Crippen LogP contribution in [0.2, 0.25) is 0 Å². The Morgan fingerprint density at radius 3 is 2.79 bits per heavy atom. The summed E-state index contributed by atoms with van der Waals surface area (Å²) in [5.74, 6) is 2.36. The van der Waals surface area contributed by atoms with Gasteiger partial charge in [0, 0.05) is 24.7 Å². The normalized spacial score (nSPS) is 42.8. The topological polar surface area (TPSA) is 85.3 Å². The molecule has 1 amide bonds. The third kappa shape index (κ3) is 3.10. The van der Waals surface area contributed by atoms with Gasteiger partial charge in [0.25, 0.3) is 0 Å². The summed E-state index contributed by atoms with van der Waals surface area (Å²) in [7, 11) is 2.05. The highest BCUT2D eigenvalue weighted by atomic mass is 16.5. The molecule has 2 unspecified atom stereocenters. The summed E-state index contributed by atoms with van der Waals surface area (Å²) >= 11 is 0. The highest BCUT2D eigenvalue weighted by molar-refractivity contribution is 5.82. The Bertz CT molecular complexity index is 1240. The number of aliphatic hydroxyl groups is 1. The van der Waals surface area contributed by atoms with Crippen molar-refractivity contribution in [1.29, 1.82) is 0 Å². The molecule has 4 fully saturated rings. The van der Waals surface area contributed by atoms with E-state index in [4.69, 9.17) is 4.74 Å². The summed E-state index contributed by atoms with van der Waals surface area (Å²) in [6.45, 7) is 2.86. The SMILES string of the molecule is CN1CC2C=CC=CC2C[C@H]1C(=O)N[C@H]1CC[C@@]2(O)[C@H]3Cc4ccc(O)c5c4[C@@]2(CCN3CC2CC2)[C@H]1O5. The van der Waals surface area contributed by atoms with Crippen LogP contribution in [0.25, 0.3) is 0 Å². The molecule has 7 nitrogen and oxygen atoms in total. The third-order valence-electron chi connectivity index (χ3n) is 11.3. The van der Waals surface area contributed by atoms with E-state index in [0.717, 1.165) is 50.4 Å². The molecule has 2 saturated carbocycles. The molecule has 3 N–H and O–H groups in total. The van der Waals surface area contributed by atoms with Crippen molar-refractivity contribution in [1.82, 2.24) is 15.1 Å². The van der Waals surface area contributed by atoms with E-state index >= 15 is 0 Å². The molecular weight excluding hydrogens is 478 g/mol. The lowest BCUT2D eigenvalue weighted by Gasteiger charge is -2.64. The summed E-state index contributed by atoms with van der Waals surface area (Å²) in [5, 5.41) is 26.9. The number of ether oxygens (including phenoxy) is 1. The lowest BCUT2D eigenvalue weighted by Crippen LogP contribution is -2.78. The molecule has 202 valence electrons. The lowest BCUT2D eigenvalue weighted by atomic mass is 9.48. The minimum Gasteiger partial charge on any atom is -0.504 e. The number of likely N-dealkylation sites (tertiary alicyclic amines) is 2. The number of hydrogen-bond acceptors (Lipinski definition) is 6. The number of fused-ring (bicyclic) bond motifs is 1. The molecule has 7 heteroatoms. The largest absolute Gasteiger partial charge is 0.504 e.